The lowest BCUT2D eigenvalue weighted by Gasteiger charge is -2.15. The monoisotopic (exact) mass is 402 g/mol. The van der Waals surface area contributed by atoms with E-state index >= 15 is 0 Å². The Balaban J connectivity index is 1.80. The highest BCUT2D eigenvalue weighted by atomic mass is 19.4. The molecule has 2 aromatic carbocycles. The van der Waals surface area contributed by atoms with E-state index in [-0.39, 0.29) is 18.4 Å². The topological polar surface area (TPSA) is 73.1 Å². The van der Waals surface area contributed by atoms with E-state index in [1.165, 1.54) is 12.4 Å². The summed E-state index contributed by atoms with van der Waals surface area (Å²) in [5, 5.41) is 3.11. The van der Waals surface area contributed by atoms with Crippen molar-refractivity contribution in [2.45, 2.75) is 19.1 Å². The molecule has 3 aromatic rings. The molecule has 8 heteroatoms. The number of halogens is 3. The highest BCUT2D eigenvalue weighted by Crippen LogP contribution is 2.38. The number of aromatic nitrogens is 2. The number of ether oxygens (including phenoxy) is 1. The smallest absolute Gasteiger partial charge is 0.419 e. The number of benzene rings is 2. The fourth-order valence-corrected chi connectivity index (χ4v) is 2.84. The van der Waals surface area contributed by atoms with Gasteiger partial charge < -0.3 is 15.8 Å². The average Bonchev–Trinajstić information content (AvgIpc) is 2.72. The molecule has 0 bridgehead atoms. The van der Waals surface area contributed by atoms with Crippen LogP contribution in [-0.4, -0.2) is 23.1 Å². The highest BCUT2D eigenvalue weighted by Gasteiger charge is 2.34. The van der Waals surface area contributed by atoms with Crippen LogP contribution in [0.15, 0.2) is 60.9 Å². The van der Waals surface area contributed by atoms with Crippen molar-refractivity contribution in [3.05, 3.63) is 72.1 Å². The molecule has 0 aliphatic carbocycles. The summed E-state index contributed by atoms with van der Waals surface area (Å²) >= 11 is 0. The first-order chi connectivity index (χ1) is 13.9. The fourth-order valence-electron chi connectivity index (χ4n) is 2.84. The maximum atomic E-state index is 13.4. The van der Waals surface area contributed by atoms with Gasteiger partial charge in [0.1, 0.15) is 17.9 Å². The third-order valence-corrected chi connectivity index (χ3v) is 4.28. The molecule has 0 aliphatic rings. The minimum Gasteiger partial charge on any atom is -0.493 e. The first kappa shape index (κ1) is 20.6. The molecule has 0 amide bonds. The van der Waals surface area contributed by atoms with Gasteiger partial charge in [0.2, 0.25) is 0 Å². The lowest BCUT2D eigenvalue weighted by Crippen LogP contribution is -2.20. The number of alkyl halides is 3. The lowest BCUT2D eigenvalue weighted by atomic mass is 10.1. The molecule has 1 heterocycles. The van der Waals surface area contributed by atoms with Gasteiger partial charge in [0.25, 0.3) is 0 Å². The molecule has 0 fully saturated rings. The molecule has 0 radical (unpaired) electrons. The normalized spacial score (nSPS) is 12.4. The number of nitrogens with two attached hydrogens (primary N) is 1. The van der Waals surface area contributed by atoms with E-state index in [0.29, 0.717) is 23.6 Å². The first-order valence-electron chi connectivity index (χ1n) is 9.09. The van der Waals surface area contributed by atoms with Crippen LogP contribution >= 0.6 is 0 Å². The maximum Gasteiger partial charge on any atom is 0.419 e. The molecule has 5 nitrogen and oxygen atoms in total. The SMILES string of the molecule is CCOc1ccc(-c2cc(NC[C@H](N)c3ccccc3)ncn2)cc1C(F)(F)F. The predicted octanol–water partition coefficient (Wildman–Crippen LogP) is 4.67. The zero-order valence-electron chi connectivity index (χ0n) is 15.8. The number of hydrogen-bond donors (Lipinski definition) is 2. The van der Waals surface area contributed by atoms with Crippen LogP contribution in [0.3, 0.4) is 0 Å². The second-order valence-corrected chi connectivity index (χ2v) is 6.33. The van der Waals surface area contributed by atoms with Crippen LogP contribution in [0.2, 0.25) is 0 Å². The van der Waals surface area contributed by atoms with Crippen LogP contribution in [0.25, 0.3) is 11.3 Å². The summed E-state index contributed by atoms with van der Waals surface area (Å²) in [4.78, 5) is 8.23. The molecule has 0 aliphatic heterocycles. The van der Waals surface area contributed by atoms with Crippen LogP contribution in [0.4, 0.5) is 19.0 Å². The third kappa shape index (κ3) is 5.23. The van der Waals surface area contributed by atoms with Crippen LogP contribution in [0, 0.1) is 0 Å². The van der Waals surface area contributed by atoms with Gasteiger partial charge in [0.05, 0.1) is 17.9 Å². The van der Waals surface area contributed by atoms with E-state index in [2.05, 4.69) is 15.3 Å². The van der Waals surface area contributed by atoms with Crippen molar-refractivity contribution in [2.75, 3.05) is 18.5 Å². The highest BCUT2D eigenvalue weighted by molar-refractivity contribution is 5.65. The second-order valence-electron chi connectivity index (χ2n) is 6.33. The summed E-state index contributed by atoms with van der Waals surface area (Å²) < 4.78 is 45.2. The standard InChI is InChI=1S/C21H21F3N4O/c1-2-29-19-9-8-15(10-16(19)21(22,23)24)18-11-20(28-13-27-18)26-12-17(25)14-6-4-3-5-7-14/h3-11,13,17H,2,12,25H2,1H3,(H,26,27,28)/t17-/m0/s1. The number of hydrogen-bond acceptors (Lipinski definition) is 5. The summed E-state index contributed by atoms with van der Waals surface area (Å²) in [6.07, 6.45) is -3.23. The zero-order valence-corrected chi connectivity index (χ0v) is 15.8. The molecule has 152 valence electrons. The molecule has 1 atom stereocenters. The van der Waals surface area contributed by atoms with Crippen LogP contribution in [0.5, 0.6) is 5.75 Å². The predicted molar refractivity (Wildman–Crippen MR) is 105 cm³/mol. The Morgan fingerprint density at radius 2 is 1.83 bits per heavy atom. The quantitative estimate of drug-likeness (QED) is 0.601. The Morgan fingerprint density at radius 3 is 2.52 bits per heavy atom. The largest absolute Gasteiger partial charge is 0.493 e. The molecular weight excluding hydrogens is 381 g/mol. The van der Waals surface area contributed by atoms with Crippen molar-refractivity contribution in [2.24, 2.45) is 5.73 Å². The van der Waals surface area contributed by atoms with Gasteiger partial charge in [-0.15, -0.1) is 0 Å². The summed E-state index contributed by atoms with van der Waals surface area (Å²) in [6, 6.07) is 14.8. The molecular formula is C21H21F3N4O. The van der Waals surface area contributed by atoms with E-state index in [4.69, 9.17) is 10.5 Å². The minimum absolute atomic E-state index is 0.145. The number of nitrogens with zero attached hydrogens (tertiary/aromatic N) is 2. The van der Waals surface area contributed by atoms with Crippen molar-refractivity contribution in [1.82, 2.24) is 9.97 Å². The molecule has 1 aromatic heterocycles. The van der Waals surface area contributed by atoms with Crippen molar-refractivity contribution in [3.63, 3.8) is 0 Å². The van der Waals surface area contributed by atoms with Gasteiger partial charge in [0.15, 0.2) is 0 Å². The molecule has 0 spiro atoms. The molecule has 3 rings (SSSR count). The molecule has 29 heavy (non-hydrogen) atoms. The van der Waals surface area contributed by atoms with E-state index in [0.717, 1.165) is 11.6 Å². The Bertz CT molecular complexity index is 948. The van der Waals surface area contributed by atoms with E-state index < -0.39 is 11.7 Å². The summed E-state index contributed by atoms with van der Waals surface area (Å²) in [7, 11) is 0. The number of rotatable bonds is 7. The average molecular weight is 402 g/mol. The van der Waals surface area contributed by atoms with E-state index in [9.17, 15) is 13.2 Å². The Morgan fingerprint density at radius 1 is 1.07 bits per heavy atom. The van der Waals surface area contributed by atoms with E-state index in [1.54, 1.807) is 19.1 Å². The second kappa shape index (κ2) is 8.91. The molecule has 0 saturated carbocycles. The summed E-state index contributed by atoms with van der Waals surface area (Å²) in [5.41, 5.74) is 6.97. The van der Waals surface area contributed by atoms with Gasteiger partial charge in [-0.25, -0.2) is 9.97 Å². The molecule has 3 N–H and O–H groups in total. The number of nitrogens with one attached hydrogen (secondary N) is 1. The fraction of sp³-hybridized carbons (Fsp3) is 0.238. The van der Waals surface area contributed by atoms with Gasteiger partial charge in [0, 0.05) is 24.2 Å². The summed E-state index contributed by atoms with van der Waals surface area (Å²) in [5.74, 6) is 0.272. The Labute approximate surface area is 166 Å². The third-order valence-electron chi connectivity index (χ3n) is 4.28. The van der Waals surface area contributed by atoms with Gasteiger partial charge in [-0.05, 0) is 30.7 Å². The Kier molecular flexibility index (Phi) is 6.33. The van der Waals surface area contributed by atoms with Crippen LogP contribution in [-0.2, 0) is 6.18 Å². The van der Waals surface area contributed by atoms with Crippen molar-refractivity contribution >= 4 is 5.82 Å². The van der Waals surface area contributed by atoms with E-state index in [1.807, 2.05) is 30.3 Å². The van der Waals surface area contributed by atoms with Gasteiger partial charge in [-0.2, -0.15) is 13.2 Å². The van der Waals surface area contributed by atoms with Gasteiger partial charge in [-0.1, -0.05) is 30.3 Å². The van der Waals surface area contributed by atoms with Gasteiger partial charge in [-0.3, -0.25) is 0 Å². The molecule has 0 saturated heterocycles. The zero-order chi connectivity index (χ0) is 20.9. The van der Waals surface area contributed by atoms with Gasteiger partial charge >= 0.3 is 6.18 Å². The Hall–Kier alpha value is -3.13. The molecule has 0 unspecified atom stereocenters. The number of anilines is 1. The van der Waals surface area contributed by atoms with Crippen LogP contribution in [0.1, 0.15) is 24.1 Å². The minimum atomic E-state index is -4.53. The van der Waals surface area contributed by atoms with Crippen molar-refractivity contribution in [3.8, 4) is 17.0 Å². The van der Waals surface area contributed by atoms with Crippen molar-refractivity contribution < 1.29 is 17.9 Å². The first-order valence-corrected chi connectivity index (χ1v) is 9.09. The summed E-state index contributed by atoms with van der Waals surface area (Å²) in [6.45, 7) is 2.19. The maximum absolute atomic E-state index is 13.4. The van der Waals surface area contributed by atoms with Crippen LogP contribution < -0.4 is 15.8 Å². The lowest BCUT2D eigenvalue weighted by molar-refractivity contribution is -0.138. The van der Waals surface area contributed by atoms with Crippen molar-refractivity contribution in [1.29, 1.82) is 0 Å².